The van der Waals surface area contributed by atoms with Crippen LogP contribution in [0, 0.1) is 27.7 Å². The van der Waals surface area contributed by atoms with Gasteiger partial charge in [0.2, 0.25) is 0 Å². The maximum atomic E-state index is 2.36. The Morgan fingerprint density at radius 2 is 0.750 bits per heavy atom. The Kier molecular flexibility index (Phi) is 9.60. The highest BCUT2D eigenvalue weighted by Gasteiger charge is 2.04. The van der Waals surface area contributed by atoms with E-state index in [0.717, 1.165) is 0 Å². The highest BCUT2D eigenvalue weighted by atomic mass is 14.1. The van der Waals surface area contributed by atoms with Crippen molar-refractivity contribution in [3.8, 4) is 0 Å². The number of hydrogen-bond acceptors (Lipinski definition) is 0. The van der Waals surface area contributed by atoms with E-state index in [-0.39, 0.29) is 0 Å². The van der Waals surface area contributed by atoms with Crippen molar-refractivity contribution in [3.05, 3.63) is 105 Å². The van der Waals surface area contributed by atoms with Crippen LogP contribution in [0.3, 0.4) is 0 Å². The summed E-state index contributed by atoms with van der Waals surface area (Å²) in [5.74, 6) is 0. The van der Waals surface area contributed by atoms with Gasteiger partial charge in [0, 0.05) is 0 Å². The summed E-state index contributed by atoms with van der Waals surface area (Å²) in [5.41, 5.74) is 11.7. The van der Waals surface area contributed by atoms with Gasteiger partial charge in [-0.15, -0.1) is 0 Å². The van der Waals surface area contributed by atoms with Crippen LogP contribution in [0.25, 0.3) is 0 Å². The maximum Gasteiger partial charge on any atom is -0.0276 e. The molecule has 0 atom stereocenters. The fraction of sp³-hybridized carbons (Fsp3) is 0.438. The average Bonchev–Trinajstić information content (AvgIpc) is 2.73. The lowest BCUT2D eigenvalue weighted by molar-refractivity contribution is 0.660. The van der Waals surface area contributed by atoms with E-state index < -0.39 is 0 Å². The Bertz CT molecular complexity index is 858. The summed E-state index contributed by atoms with van der Waals surface area (Å²) in [6, 6.07) is 23.1. The first-order valence-electron chi connectivity index (χ1n) is 12.7. The standard InChI is InChI=1S/C32H42/c1-25-19-26(2)22-29(21-25)13-7-5-9-15-31-17-11-12-18-32(31)16-10-6-8-14-30-23-27(3)20-28(4)24-30/h11-12,17-24H,5-10,13-16H2,1-4H3. The Balaban J connectivity index is 1.36. The molecule has 0 N–H and O–H groups in total. The summed E-state index contributed by atoms with van der Waals surface area (Å²) in [6.07, 6.45) is 12.7. The van der Waals surface area contributed by atoms with Crippen molar-refractivity contribution >= 4 is 0 Å². The Morgan fingerprint density at radius 1 is 0.406 bits per heavy atom. The third-order valence-electron chi connectivity index (χ3n) is 6.50. The first-order valence-corrected chi connectivity index (χ1v) is 12.7. The van der Waals surface area contributed by atoms with E-state index in [0.29, 0.717) is 0 Å². The van der Waals surface area contributed by atoms with Crippen molar-refractivity contribution in [1.82, 2.24) is 0 Å². The Morgan fingerprint density at radius 3 is 1.12 bits per heavy atom. The fourth-order valence-corrected chi connectivity index (χ4v) is 5.11. The van der Waals surface area contributed by atoms with Gasteiger partial charge in [0.05, 0.1) is 0 Å². The molecule has 0 unspecified atom stereocenters. The van der Waals surface area contributed by atoms with Crippen LogP contribution in [0.2, 0.25) is 0 Å². The molecule has 0 heterocycles. The molecule has 0 fully saturated rings. The largest absolute Gasteiger partial charge is 0.0620 e. The molecule has 0 radical (unpaired) electrons. The van der Waals surface area contributed by atoms with Crippen molar-refractivity contribution in [1.29, 1.82) is 0 Å². The van der Waals surface area contributed by atoms with Crippen molar-refractivity contribution in [2.45, 2.75) is 91.9 Å². The van der Waals surface area contributed by atoms with Crippen LogP contribution in [-0.4, -0.2) is 0 Å². The van der Waals surface area contributed by atoms with E-state index in [2.05, 4.69) is 88.4 Å². The van der Waals surface area contributed by atoms with Crippen LogP contribution >= 0.6 is 0 Å². The second kappa shape index (κ2) is 12.6. The van der Waals surface area contributed by atoms with Gasteiger partial charge in [-0.3, -0.25) is 0 Å². The van der Waals surface area contributed by atoms with Crippen LogP contribution < -0.4 is 0 Å². The minimum Gasteiger partial charge on any atom is -0.0620 e. The smallest absolute Gasteiger partial charge is 0.0276 e. The molecular formula is C32H42. The average molecular weight is 427 g/mol. The van der Waals surface area contributed by atoms with E-state index >= 15 is 0 Å². The highest BCUT2D eigenvalue weighted by Crippen LogP contribution is 2.18. The van der Waals surface area contributed by atoms with Gasteiger partial charge in [-0.05, 0) is 101 Å². The lowest BCUT2D eigenvalue weighted by Gasteiger charge is -2.10. The SMILES string of the molecule is Cc1cc(C)cc(CCCCCc2ccccc2CCCCCc2cc(C)cc(C)c2)c1. The minimum atomic E-state index is 1.21. The van der Waals surface area contributed by atoms with Gasteiger partial charge in [0.25, 0.3) is 0 Å². The predicted molar refractivity (Wildman–Crippen MR) is 141 cm³/mol. The summed E-state index contributed by atoms with van der Waals surface area (Å²) in [4.78, 5) is 0. The van der Waals surface area contributed by atoms with Crippen LogP contribution in [0.1, 0.15) is 83.0 Å². The van der Waals surface area contributed by atoms with Crippen molar-refractivity contribution in [3.63, 3.8) is 0 Å². The molecule has 3 rings (SSSR count). The van der Waals surface area contributed by atoms with Crippen molar-refractivity contribution in [2.24, 2.45) is 0 Å². The van der Waals surface area contributed by atoms with E-state index in [4.69, 9.17) is 0 Å². The van der Waals surface area contributed by atoms with Crippen molar-refractivity contribution in [2.75, 3.05) is 0 Å². The van der Waals surface area contributed by atoms with E-state index in [9.17, 15) is 0 Å². The second-order valence-corrected chi connectivity index (χ2v) is 9.88. The third-order valence-corrected chi connectivity index (χ3v) is 6.50. The van der Waals surface area contributed by atoms with Crippen molar-refractivity contribution < 1.29 is 0 Å². The predicted octanol–water partition coefficient (Wildman–Crippen LogP) is 8.83. The maximum absolute atomic E-state index is 2.36. The van der Waals surface area contributed by atoms with E-state index in [1.54, 1.807) is 11.1 Å². The summed E-state index contributed by atoms with van der Waals surface area (Å²) >= 11 is 0. The highest BCUT2D eigenvalue weighted by molar-refractivity contribution is 5.30. The van der Waals surface area contributed by atoms with Gasteiger partial charge < -0.3 is 0 Å². The molecule has 0 aromatic heterocycles. The Labute approximate surface area is 197 Å². The number of aryl methyl sites for hydroxylation is 8. The molecule has 0 heteroatoms. The first-order chi connectivity index (χ1) is 15.5. The zero-order valence-corrected chi connectivity index (χ0v) is 20.8. The summed E-state index contributed by atoms with van der Waals surface area (Å²) in [5, 5.41) is 0. The molecule has 0 spiro atoms. The van der Waals surface area contributed by atoms with E-state index in [1.165, 1.54) is 97.6 Å². The second-order valence-electron chi connectivity index (χ2n) is 9.88. The summed E-state index contributed by atoms with van der Waals surface area (Å²) < 4.78 is 0. The Hall–Kier alpha value is -2.34. The first kappa shape index (κ1) is 24.3. The summed E-state index contributed by atoms with van der Waals surface area (Å²) in [7, 11) is 0. The molecule has 0 amide bonds. The van der Waals surface area contributed by atoms with Crippen LogP contribution in [0.15, 0.2) is 60.7 Å². The van der Waals surface area contributed by atoms with Crippen LogP contribution in [0.5, 0.6) is 0 Å². The normalized spacial score (nSPS) is 11.1. The molecule has 0 aliphatic heterocycles. The number of rotatable bonds is 12. The molecule has 170 valence electrons. The van der Waals surface area contributed by atoms with Crippen LogP contribution in [0.4, 0.5) is 0 Å². The zero-order valence-electron chi connectivity index (χ0n) is 20.8. The molecular weight excluding hydrogens is 384 g/mol. The topological polar surface area (TPSA) is 0 Å². The number of hydrogen-bond donors (Lipinski definition) is 0. The lowest BCUT2D eigenvalue weighted by atomic mass is 9.95. The molecule has 0 saturated heterocycles. The summed E-state index contributed by atoms with van der Waals surface area (Å²) in [6.45, 7) is 8.82. The minimum absolute atomic E-state index is 1.21. The van der Waals surface area contributed by atoms with Gasteiger partial charge >= 0.3 is 0 Å². The van der Waals surface area contributed by atoms with Gasteiger partial charge in [0.15, 0.2) is 0 Å². The molecule has 0 saturated carbocycles. The fourth-order valence-electron chi connectivity index (χ4n) is 5.11. The van der Waals surface area contributed by atoms with Gasteiger partial charge in [-0.25, -0.2) is 0 Å². The molecule has 3 aromatic rings. The molecule has 0 bridgehead atoms. The number of unbranched alkanes of at least 4 members (excludes halogenated alkanes) is 4. The van der Waals surface area contributed by atoms with Crippen LogP contribution in [-0.2, 0) is 25.7 Å². The monoisotopic (exact) mass is 426 g/mol. The molecule has 0 aliphatic carbocycles. The molecule has 3 aromatic carbocycles. The van der Waals surface area contributed by atoms with Gasteiger partial charge in [-0.2, -0.15) is 0 Å². The number of benzene rings is 3. The van der Waals surface area contributed by atoms with E-state index in [1.807, 2.05) is 0 Å². The molecule has 32 heavy (non-hydrogen) atoms. The quantitative estimate of drug-likeness (QED) is 0.254. The zero-order chi connectivity index (χ0) is 22.8. The molecule has 0 aliphatic rings. The third kappa shape index (κ3) is 8.30. The lowest BCUT2D eigenvalue weighted by Crippen LogP contribution is -1.96. The van der Waals surface area contributed by atoms with Gasteiger partial charge in [-0.1, -0.05) is 95.8 Å². The molecule has 0 nitrogen and oxygen atoms in total. The van der Waals surface area contributed by atoms with Gasteiger partial charge in [0.1, 0.15) is 0 Å².